The Morgan fingerprint density at radius 2 is 2.07 bits per heavy atom. The molecule has 0 saturated carbocycles. The zero-order valence-electron chi connectivity index (χ0n) is 16.8. The van der Waals surface area contributed by atoms with Crippen LogP contribution in [0.3, 0.4) is 0 Å². The highest BCUT2D eigenvalue weighted by molar-refractivity contribution is 9.10. The summed E-state index contributed by atoms with van der Waals surface area (Å²) in [4.78, 5) is 27.1. The lowest BCUT2D eigenvalue weighted by molar-refractivity contribution is -0.534. The number of amides is 1. The average Bonchev–Trinajstić information content (AvgIpc) is 3.18. The van der Waals surface area contributed by atoms with E-state index in [1.165, 1.54) is 7.11 Å². The van der Waals surface area contributed by atoms with Gasteiger partial charge < -0.3 is 14.8 Å². The second kappa shape index (κ2) is 7.55. The Morgan fingerprint density at radius 1 is 1.33 bits per heavy atom. The lowest BCUT2D eigenvalue weighted by Crippen LogP contribution is -2.54. The van der Waals surface area contributed by atoms with Crippen LogP contribution in [0.2, 0.25) is 0 Å². The van der Waals surface area contributed by atoms with Gasteiger partial charge in [-0.25, -0.2) is 0 Å². The number of nitrogens with one attached hydrogen (secondary N) is 1. The fourth-order valence-corrected chi connectivity index (χ4v) is 5.44. The van der Waals surface area contributed by atoms with E-state index in [4.69, 9.17) is 9.47 Å². The first-order chi connectivity index (χ1) is 14.4. The van der Waals surface area contributed by atoms with Crippen molar-refractivity contribution in [1.29, 1.82) is 0 Å². The Balaban J connectivity index is 1.88. The largest absolute Gasteiger partial charge is 0.493 e. The Labute approximate surface area is 182 Å². The molecule has 0 aliphatic carbocycles. The second-order valence-corrected chi connectivity index (χ2v) is 8.30. The summed E-state index contributed by atoms with van der Waals surface area (Å²) in [5.41, 5.74) is 0.578. The number of fused-ring (bicyclic) bond motifs is 2. The summed E-state index contributed by atoms with van der Waals surface area (Å²) in [7, 11) is 3.29. The predicted octanol–water partition coefficient (Wildman–Crippen LogP) is 3.38. The highest BCUT2D eigenvalue weighted by atomic mass is 79.9. The molecular weight excluding hydrogens is 454 g/mol. The molecular formula is C21H22BrN3O5. The van der Waals surface area contributed by atoms with Gasteiger partial charge in [0, 0.05) is 27.2 Å². The summed E-state index contributed by atoms with van der Waals surface area (Å²) in [5.74, 6) is 0.139. The lowest BCUT2D eigenvalue weighted by Gasteiger charge is -2.30. The molecule has 3 atom stereocenters. The molecule has 0 bridgehead atoms. The molecule has 8 nitrogen and oxygen atoms in total. The van der Waals surface area contributed by atoms with Crippen LogP contribution >= 0.6 is 15.9 Å². The third-order valence-corrected chi connectivity index (χ3v) is 6.71. The number of para-hydroxylation sites is 1. The summed E-state index contributed by atoms with van der Waals surface area (Å²) in [6.45, 7) is 2.67. The number of carbonyl (C=O) groups excluding carboxylic acids is 1. The summed E-state index contributed by atoms with van der Waals surface area (Å²) in [6.07, 6.45) is 0. The zero-order valence-corrected chi connectivity index (χ0v) is 18.4. The number of methoxy groups -OCH3 is 1. The van der Waals surface area contributed by atoms with E-state index in [2.05, 4.69) is 21.2 Å². The summed E-state index contributed by atoms with van der Waals surface area (Å²) < 4.78 is 11.8. The topological polar surface area (TPSA) is 93.9 Å². The maximum atomic E-state index is 13.2. The fourth-order valence-electron chi connectivity index (χ4n) is 4.82. The Bertz CT molecular complexity index is 1030. The molecule has 2 aromatic carbocycles. The number of hydrogen-bond donors (Lipinski definition) is 1. The number of rotatable bonds is 5. The van der Waals surface area contributed by atoms with Crippen LogP contribution in [0.25, 0.3) is 0 Å². The van der Waals surface area contributed by atoms with Crippen LogP contribution in [0, 0.1) is 10.1 Å². The molecule has 158 valence electrons. The number of halogens is 1. The van der Waals surface area contributed by atoms with E-state index >= 15 is 0 Å². The van der Waals surface area contributed by atoms with Crippen molar-refractivity contribution >= 4 is 27.5 Å². The molecule has 1 fully saturated rings. The van der Waals surface area contributed by atoms with Gasteiger partial charge in [-0.1, -0.05) is 34.1 Å². The third kappa shape index (κ3) is 2.79. The van der Waals surface area contributed by atoms with Gasteiger partial charge in [0.15, 0.2) is 17.0 Å². The van der Waals surface area contributed by atoms with Crippen LogP contribution in [0.1, 0.15) is 24.0 Å². The summed E-state index contributed by atoms with van der Waals surface area (Å²) in [6, 6.07) is 9.52. The van der Waals surface area contributed by atoms with Crippen molar-refractivity contribution in [2.75, 3.05) is 32.6 Å². The van der Waals surface area contributed by atoms with Crippen LogP contribution < -0.4 is 14.8 Å². The third-order valence-electron chi connectivity index (χ3n) is 6.02. The van der Waals surface area contributed by atoms with Crippen LogP contribution in [0.4, 0.5) is 5.69 Å². The number of likely N-dealkylation sites (N-methyl/N-ethyl adjacent to an activating group) is 1. The first-order valence-corrected chi connectivity index (χ1v) is 10.4. The molecule has 0 unspecified atom stereocenters. The van der Waals surface area contributed by atoms with E-state index in [-0.39, 0.29) is 10.8 Å². The van der Waals surface area contributed by atoms with Crippen molar-refractivity contribution in [1.82, 2.24) is 4.90 Å². The number of anilines is 1. The van der Waals surface area contributed by atoms with Crippen LogP contribution in [-0.4, -0.2) is 49.1 Å². The van der Waals surface area contributed by atoms with Gasteiger partial charge in [0.2, 0.25) is 0 Å². The van der Waals surface area contributed by atoms with Crippen molar-refractivity contribution in [2.45, 2.75) is 24.4 Å². The van der Waals surface area contributed by atoms with Crippen molar-refractivity contribution < 1.29 is 19.2 Å². The van der Waals surface area contributed by atoms with Crippen molar-refractivity contribution in [3.63, 3.8) is 0 Å². The molecule has 2 aliphatic heterocycles. The molecule has 4 rings (SSSR count). The molecule has 2 heterocycles. The summed E-state index contributed by atoms with van der Waals surface area (Å²) >= 11 is 3.55. The minimum Gasteiger partial charge on any atom is -0.493 e. The maximum Gasteiger partial charge on any atom is 0.256 e. The van der Waals surface area contributed by atoms with Gasteiger partial charge in [-0.05, 0) is 37.7 Å². The van der Waals surface area contributed by atoms with Gasteiger partial charge in [0.25, 0.3) is 11.9 Å². The number of carbonyl (C=O) groups is 1. The van der Waals surface area contributed by atoms with Crippen molar-refractivity contribution in [3.8, 4) is 11.5 Å². The molecule has 2 aliphatic rings. The molecule has 2 aromatic rings. The highest BCUT2D eigenvalue weighted by Crippen LogP contribution is 2.53. The smallest absolute Gasteiger partial charge is 0.256 e. The van der Waals surface area contributed by atoms with Crippen LogP contribution in [0.5, 0.6) is 11.5 Å². The van der Waals surface area contributed by atoms with E-state index in [0.29, 0.717) is 45.9 Å². The Morgan fingerprint density at radius 3 is 2.73 bits per heavy atom. The Hall–Kier alpha value is -2.65. The zero-order chi connectivity index (χ0) is 21.6. The maximum absolute atomic E-state index is 13.2. The number of nitro groups is 1. The SMILES string of the molecule is CCOc1cc(Br)c([C@@H]2CN(C)[C@@]3(C(=O)Nc4ccccc43)[C@@H]2[N+](=O)[O-])cc1OC. The van der Waals surface area contributed by atoms with Crippen LogP contribution in [-0.2, 0) is 10.3 Å². The Kier molecular flexibility index (Phi) is 5.19. The minimum absolute atomic E-state index is 0.328. The molecule has 1 spiro atoms. The number of likely N-dealkylation sites (tertiary alicyclic amines) is 1. The number of nitrogens with zero attached hydrogens (tertiary/aromatic N) is 2. The van der Waals surface area contributed by atoms with E-state index in [1.807, 2.05) is 6.92 Å². The predicted molar refractivity (Wildman–Crippen MR) is 115 cm³/mol. The van der Waals surface area contributed by atoms with Gasteiger partial charge in [-0.3, -0.25) is 19.8 Å². The van der Waals surface area contributed by atoms with E-state index in [1.54, 1.807) is 48.3 Å². The first kappa shape index (κ1) is 20.6. The van der Waals surface area contributed by atoms with E-state index in [0.717, 1.165) is 0 Å². The van der Waals surface area contributed by atoms with Gasteiger partial charge in [0.05, 0.1) is 19.6 Å². The number of ether oxygens (including phenoxy) is 2. The molecule has 1 saturated heterocycles. The number of hydrogen-bond acceptors (Lipinski definition) is 6. The van der Waals surface area contributed by atoms with Gasteiger partial charge in [-0.2, -0.15) is 0 Å². The molecule has 0 radical (unpaired) electrons. The van der Waals surface area contributed by atoms with Crippen LogP contribution in [0.15, 0.2) is 40.9 Å². The minimum atomic E-state index is -1.38. The lowest BCUT2D eigenvalue weighted by atomic mass is 9.79. The van der Waals surface area contributed by atoms with Crippen molar-refractivity contribution in [2.24, 2.45) is 0 Å². The van der Waals surface area contributed by atoms with Gasteiger partial charge in [-0.15, -0.1) is 0 Å². The fraction of sp³-hybridized carbons (Fsp3) is 0.381. The van der Waals surface area contributed by atoms with Gasteiger partial charge in [0.1, 0.15) is 0 Å². The molecule has 30 heavy (non-hydrogen) atoms. The van der Waals surface area contributed by atoms with E-state index in [9.17, 15) is 14.9 Å². The van der Waals surface area contributed by atoms with E-state index < -0.39 is 17.5 Å². The van der Waals surface area contributed by atoms with Crippen molar-refractivity contribution in [3.05, 3.63) is 62.1 Å². The standard InChI is InChI=1S/C21H22BrN3O5/c1-4-30-18-10-15(22)12(9-17(18)29-3)13-11-24(2)21(19(13)25(27)28)14-7-5-6-8-16(14)23-20(21)26/h5-10,13,19H,4,11H2,1-3H3,(H,23,26)/t13-,19+,21+/m0/s1. The van der Waals surface area contributed by atoms with Gasteiger partial charge >= 0.3 is 0 Å². The summed E-state index contributed by atoms with van der Waals surface area (Å²) in [5, 5.41) is 15.2. The second-order valence-electron chi connectivity index (χ2n) is 7.44. The number of benzene rings is 2. The highest BCUT2D eigenvalue weighted by Gasteiger charge is 2.68. The average molecular weight is 476 g/mol. The quantitative estimate of drug-likeness (QED) is 0.526. The molecule has 0 aromatic heterocycles. The monoisotopic (exact) mass is 475 g/mol. The molecule has 9 heteroatoms. The normalized spacial score (nSPS) is 25.3. The first-order valence-electron chi connectivity index (χ1n) is 9.62. The molecule has 1 amide bonds. The molecule has 1 N–H and O–H groups in total.